The van der Waals surface area contributed by atoms with Gasteiger partial charge in [0, 0.05) is 38.9 Å². The summed E-state index contributed by atoms with van der Waals surface area (Å²) in [6, 6.07) is 3.37. The molecule has 1 atom stereocenters. The van der Waals surface area contributed by atoms with E-state index in [0.29, 0.717) is 57.8 Å². The smallest absolute Gasteiger partial charge is 0.273 e. The lowest BCUT2D eigenvalue weighted by molar-refractivity contribution is -0.141. The molecule has 3 amide bonds. The van der Waals surface area contributed by atoms with E-state index in [1.807, 2.05) is 0 Å². The van der Waals surface area contributed by atoms with Crippen LogP contribution in [-0.4, -0.2) is 73.1 Å². The second-order valence-corrected chi connectivity index (χ2v) is 7.09. The van der Waals surface area contributed by atoms with Crippen molar-refractivity contribution in [1.29, 1.82) is 0 Å². The molecule has 2 N–H and O–H groups in total. The Morgan fingerprint density at radius 1 is 1.10 bits per heavy atom. The number of carbonyl (C=O) groups is 3. The molecule has 1 aromatic heterocycles. The third-order valence-electron chi connectivity index (χ3n) is 4.91. The fourth-order valence-corrected chi connectivity index (χ4v) is 3.41. The summed E-state index contributed by atoms with van der Waals surface area (Å²) in [7, 11) is 0. The van der Waals surface area contributed by atoms with Crippen LogP contribution in [0, 0.1) is 0 Å². The third-order valence-corrected chi connectivity index (χ3v) is 4.91. The summed E-state index contributed by atoms with van der Waals surface area (Å²) in [4.78, 5) is 43.1. The number of hydrogen-bond donors (Lipinski definition) is 2. The molecule has 0 saturated carbocycles. The maximum Gasteiger partial charge on any atom is 0.273 e. The van der Waals surface area contributed by atoms with Gasteiger partial charge in [-0.3, -0.25) is 14.4 Å². The summed E-state index contributed by atoms with van der Waals surface area (Å²) in [5.74, 6) is -0.0691. The zero-order chi connectivity index (χ0) is 20.5. The molecular formula is C20H28N4O5. The lowest BCUT2D eigenvalue weighted by Gasteiger charge is -2.25. The molecule has 0 spiro atoms. The summed E-state index contributed by atoms with van der Waals surface area (Å²) >= 11 is 0. The molecule has 0 aromatic carbocycles. The fourth-order valence-electron chi connectivity index (χ4n) is 3.41. The van der Waals surface area contributed by atoms with Crippen molar-refractivity contribution < 1.29 is 23.9 Å². The monoisotopic (exact) mass is 404 g/mol. The van der Waals surface area contributed by atoms with E-state index >= 15 is 0 Å². The number of carbonyl (C=O) groups excluding carboxylic acids is 3. The average molecular weight is 404 g/mol. The summed E-state index contributed by atoms with van der Waals surface area (Å²) in [5, 5.41) is 5.63. The van der Waals surface area contributed by atoms with Crippen LogP contribution in [0.25, 0.3) is 0 Å². The highest BCUT2D eigenvalue weighted by molar-refractivity contribution is 5.94. The zero-order valence-corrected chi connectivity index (χ0v) is 16.5. The first kappa shape index (κ1) is 21.0. The Labute approximate surface area is 170 Å². The van der Waals surface area contributed by atoms with Crippen LogP contribution in [0.1, 0.15) is 42.6 Å². The van der Waals surface area contributed by atoms with Crippen LogP contribution in [0.5, 0.6) is 5.75 Å². The van der Waals surface area contributed by atoms with Crippen LogP contribution in [0.15, 0.2) is 18.3 Å². The molecule has 0 radical (unpaired) electrons. The molecule has 3 heterocycles. The number of nitrogens with zero attached hydrogens (tertiary/aromatic N) is 2. The lowest BCUT2D eigenvalue weighted by atomic mass is 10.2. The Morgan fingerprint density at radius 2 is 1.97 bits per heavy atom. The van der Waals surface area contributed by atoms with Crippen molar-refractivity contribution in [3.63, 3.8) is 0 Å². The van der Waals surface area contributed by atoms with Gasteiger partial charge in [0.1, 0.15) is 12.7 Å². The number of fused-ring (bicyclic) bond motifs is 1. The standard InChI is InChI=1S/C20H28N4O5/c25-17-7-2-11-24(20(27)16-6-3-13-28-16)12-4-9-23-19(26)18-15(5-1-8-22-18)29-14-10-21-17/h1,5,8,16H,2-4,6-7,9-14H2,(H,21,25)(H,23,26)/t16-/m1/s1. The second-order valence-electron chi connectivity index (χ2n) is 7.09. The molecule has 1 fully saturated rings. The van der Waals surface area contributed by atoms with Crippen LogP contribution >= 0.6 is 0 Å². The summed E-state index contributed by atoms with van der Waals surface area (Å²) in [5.41, 5.74) is 0.207. The minimum Gasteiger partial charge on any atom is -0.489 e. The van der Waals surface area contributed by atoms with Crippen molar-refractivity contribution in [3.8, 4) is 5.75 Å². The highest BCUT2D eigenvalue weighted by Gasteiger charge is 2.28. The highest BCUT2D eigenvalue weighted by atomic mass is 16.5. The predicted octanol–water partition coefficient (Wildman–Crippen LogP) is 0.498. The number of nitrogens with one attached hydrogen (secondary N) is 2. The first-order chi connectivity index (χ1) is 14.1. The minimum absolute atomic E-state index is 0.0317. The van der Waals surface area contributed by atoms with Crippen LogP contribution < -0.4 is 15.4 Å². The van der Waals surface area contributed by atoms with Gasteiger partial charge in [-0.05, 0) is 37.8 Å². The Bertz CT molecular complexity index is 721. The Hall–Kier alpha value is -2.68. The van der Waals surface area contributed by atoms with Crippen LogP contribution in [0.2, 0.25) is 0 Å². The molecule has 2 aliphatic rings. The van der Waals surface area contributed by atoms with E-state index in [0.717, 1.165) is 12.8 Å². The van der Waals surface area contributed by atoms with E-state index in [1.54, 1.807) is 17.0 Å². The van der Waals surface area contributed by atoms with E-state index < -0.39 is 6.10 Å². The molecule has 0 aliphatic carbocycles. The average Bonchev–Trinajstić information content (AvgIpc) is 3.27. The Kier molecular flexibility index (Phi) is 7.80. The number of rotatable bonds is 1. The number of aromatic nitrogens is 1. The normalized spacial score (nSPS) is 22.2. The van der Waals surface area contributed by atoms with Crippen molar-refractivity contribution in [2.45, 2.75) is 38.2 Å². The Morgan fingerprint density at radius 3 is 2.79 bits per heavy atom. The fraction of sp³-hybridized carbons (Fsp3) is 0.600. The summed E-state index contributed by atoms with van der Waals surface area (Å²) in [6.07, 6.45) is 4.27. The molecule has 1 aromatic rings. The lowest BCUT2D eigenvalue weighted by Crippen LogP contribution is -2.41. The molecule has 1 saturated heterocycles. The van der Waals surface area contributed by atoms with Crippen molar-refractivity contribution in [2.24, 2.45) is 0 Å². The van der Waals surface area contributed by atoms with Crippen LogP contribution in [-0.2, 0) is 14.3 Å². The molecule has 2 aliphatic heterocycles. The maximum atomic E-state index is 12.7. The van der Waals surface area contributed by atoms with Gasteiger partial charge in [0.2, 0.25) is 5.91 Å². The number of hydrogen-bond acceptors (Lipinski definition) is 6. The number of pyridine rings is 1. The Balaban J connectivity index is 1.65. The molecule has 3 rings (SSSR count). The van der Waals surface area contributed by atoms with Gasteiger partial charge in [0.05, 0.1) is 6.54 Å². The molecular weight excluding hydrogens is 376 g/mol. The van der Waals surface area contributed by atoms with Gasteiger partial charge in [-0.15, -0.1) is 0 Å². The van der Waals surface area contributed by atoms with Gasteiger partial charge in [-0.25, -0.2) is 4.98 Å². The van der Waals surface area contributed by atoms with Crippen molar-refractivity contribution in [3.05, 3.63) is 24.0 Å². The maximum absolute atomic E-state index is 12.7. The topological polar surface area (TPSA) is 110 Å². The second kappa shape index (κ2) is 10.8. The van der Waals surface area contributed by atoms with E-state index in [9.17, 15) is 14.4 Å². The minimum atomic E-state index is -0.391. The molecule has 0 unspecified atom stereocenters. The molecule has 158 valence electrons. The molecule has 9 heteroatoms. The predicted molar refractivity (Wildman–Crippen MR) is 104 cm³/mol. The van der Waals surface area contributed by atoms with Crippen molar-refractivity contribution >= 4 is 17.7 Å². The number of ether oxygens (including phenoxy) is 2. The summed E-state index contributed by atoms with van der Waals surface area (Å²) < 4.78 is 11.1. The van der Waals surface area contributed by atoms with E-state index in [-0.39, 0.29) is 30.0 Å². The largest absolute Gasteiger partial charge is 0.489 e. The van der Waals surface area contributed by atoms with Gasteiger partial charge < -0.3 is 25.0 Å². The molecule has 0 bridgehead atoms. The molecule has 29 heavy (non-hydrogen) atoms. The van der Waals surface area contributed by atoms with Crippen LogP contribution in [0.3, 0.4) is 0 Å². The SMILES string of the molecule is O=C1CCCN(C(=O)[C@H]2CCCO2)CCCNC(=O)c2ncccc2OCCN1. The van der Waals surface area contributed by atoms with E-state index in [4.69, 9.17) is 9.47 Å². The van der Waals surface area contributed by atoms with Crippen LogP contribution in [0.4, 0.5) is 0 Å². The van der Waals surface area contributed by atoms with Gasteiger partial charge in [-0.2, -0.15) is 0 Å². The van der Waals surface area contributed by atoms with E-state index in [2.05, 4.69) is 15.6 Å². The first-order valence-corrected chi connectivity index (χ1v) is 10.2. The van der Waals surface area contributed by atoms with Crippen molar-refractivity contribution in [1.82, 2.24) is 20.5 Å². The van der Waals surface area contributed by atoms with Gasteiger partial charge in [0.25, 0.3) is 11.8 Å². The van der Waals surface area contributed by atoms with Crippen molar-refractivity contribution in [2.75, 3.05) is 39.4 Å². The van der Waals surface area contributed by atoms with Gasteiger partial charge >= 0.3 is 0 Å². The summed E-state index contributed by atoms with van der Waals surface area (Å²) in [6.45, 7) is 2.56. The van der Waals surface area contributed by atoms with E-state index in [1.165, 1.54) is 6.20 Å². The third kappa shape index (κ3) is 6.15. The first-order valence-electron chi connectivity index (χ1n) is 10.2. The highest BCUT2D eigenvalue weighted by Crippen LogP contribution is 2.16. The van der Waals surface area contributed by atoms with Gasteiger partial charge in [-0.1, -0.05) is 0 Å². The zero-order valence-electron chi connectivity index (χ0n) is 16.5. The number of amides is 3. The van der Waals surface area contributed by atoms with Gasteiger partial charge in [0.15, 0.2) is 11.4 Å². The quantitative estimate of drug-likeness (QED) is 0.705. The molecule has 9 nitrogen and oxygen atoms in total.